The van der Waals surface area contributed by atoms with Crippen LogP contribution in [-0.4, -0.2) is 66.1 Å². The van der Waals surface area contributed by atoms with Gasteiger partial charge in [0.2, 0.25) is 0 Å². The maximum absolute atomic E-state index is 13.7. The average Bonchev–Trinajstić information content (AvgIpc) is 3.25. The van der Waals surface area contributed by atoms with E-state index in [0.29, 0.717) is 12.0 Å². The summed E-state index contributed by atoms with van der Waals surface area (Å²) in [4.78, 5) is 23.1. The van der Waals surface area contributed by atoms with Gasteiger partial charge in [0.1, 0.15) is 0 Å². The number of nitrogens with zero attached hydrogens (tertiary/aromatic N) is 3. The Kier molecular flexibility index (Phi) is 5.27. The van der Waals surface area contributed by atoms with Crippen molar-refractivity contribution in [3.63, 3.8) is 0 Å². The largest absolute Gasteiger partial charge is 0.377 e. The van der Waals surface area contributed by atoms with Crippen LogP contribution in [0.1, 0.15) is 47.8 Å². The van der Waals surface area contributed by atoms with Crippen molar-refractivity contribution in [2.24, 2.45) is 5.92 Å². The molecule has 2 atom stereocenters. The first-order valence-corrected chi connectivity index (χ1v) is 11.2. The molecule has 0 bridgehead atoms. The molecule has 1 aromatic carbocycles. The molecule has 3 heterocycles. The zero-order valence-corrected chi connectivity index (χ0v) is 17.4. The molecule has 1 aliphatic carbocycles. The van der Waals surface area contributed by atoms with Crippen LogP contribution < -0.4 is 0 Å². The number of pyridine rings is 1. The Morgan fingerprint density at radius 2 is 2.00 bits per heavy atom. The maximum Gasteiger partial charge on any atom is 0.254 e. The van der Waals surface area contributed by atoms with Crippen LogP contribution in [0.5, 0.6) is 0 Å². The van der Waals surface area contributed by atoms with Gasteiger partial charge in [0.15, 0.2) is 0 Å². The molecule has 0 spiro atoms. The van der Waals surface area contributed by atoms with Crippen LogP contribution >= 0.6 is 0 Å². The van der Waals surface area contributed by atoms with E-state index in [0.717, 1.165) is 80.8 Å². The van der Waals surface area contributed by atoms with Crippen LogP contribution in [0.3, 0.4) is 0 Å². The summed E-state index contributed by atoms with van der Waals surface area (Å²) in [5.41, 5.74) is 4.22. The van der Waals surface area contributed by atoms with Gasteiger partial charge in [-0.1, -0.05) is 25.1 Å². The quantitative estimate of drug-likeness (QED) is 0.803. The van der Waals surface area contributed by atoms with Crippen LogP contribution in [0.2, 0.25) is 0 Å². The lowest BCUT2D eigenvalue weighted by atomic mass is 9.83. The van der Waals surface area contributed by atoms with Gasteiger partial charge >= 0.3 is 0 Å². The molecule has 2 aromatic rings. The monoisotopic (exact) mass is 393 g/mol. The molecule has 2 aliphatic heterocycles. The summed E-state index contributed by atoms with van der Waals surface area (Å²) in [6.07, 6.45) is 5.85. The zero-order valence-electron chi connectivity index (χ0n) is 17.4. The fourth-order valence-electron chi connectivity index (χ4n) is 5.17. The highest BCUT2D eigenvalue weighted by molar-refractivity contribution is 6.07. The van der Waals surface area contributed by atoms with Crippen LogP contribution in [0.25, 0.3) is 10.9 Å². The van der Waals surface area contributed by atoms with Gasteiger partial charge in [-0.05, 0) is 49.7 Å². The number of benzene rings is 1. The van der Waals surface area contributed by atoms with E-state index in [1.54, 1.807) is 0 Å². The lowest BCUT2D eigenvalue weighted by Gasteiger charge is -2.36. The lowest BCUT2D eigenvalue weighted by Crippen LogP contribution is -2.50. The number of hydrogen-bond donors (Lipinski definition) is 0. The molecule has 5 rings (SSSR count). The average molecular weight is 394 g/mol. The van der Waals surface area contributed by atoms with Gasteiger partial charge in [-0.15, -0.1) is 0 Å². The van der Waals surface area contributed by atoms with E-state index in [1.807, 2.05) is 18.2 Å². The first-order valence-electron chi connectivity index (χ1n) is 11.2. The van der Waals surface area contributed by atoms with Gasteiger partial charge in [0.25, 0.3) is 5.91 Å². The predicted octanol–water partition coefficient (Wildman–Crippen LogP) is 3.30. The van der Waals surface area contributed by atoms with E-state index >= 15 is 0 Å². The Bertz CT molecular complexity index is 898. The van der Waals surface area contributed by atoms with Crippen molar-refractivity contribution in [1.82, 2.24) is 14.8 Å². The number of amides is 1. The highest BCUT2D eigenvalue weighted by atomic mass is 16.5. The number of aromatic nitrogens is 1. The first kappa shape index (κ1) is 19.0. The Labute approximate surface area is 173 Å². The molecule has 1 amide bonds. The number of carbonyl (C=O) groups is 1. The van der Waals surface area contributed by atoms with Crippen LogP contribution in [0.4, 0.5) is 0 Å². The fraction of sp³-hybridized carbons (Fsp3) is 0.583. The summed E-state index contributed by atoms with van der Waals surface area (Å²) in [6, 6.07) is 8.16. The molecule has 5 heteroatoms. The summed E-state index contributed by atoms with van der Waals surface area (Å²) in [6.45, 7) is 7.67. The van der Waals surface area contributed by atoms with Crippen LogP contribution in [0.15, 0.2) is 24.3 Å². The van der Waals surface area contributed by atoms with Gasteiger partial charge in [-0.3, -0.25) is 14.7 Å². The molecule has 2 saturated heterocycles. The number of aryl methyl sites for hydroxylation is 1. The minimum atomic E-state index is 0.200. The molecule has 29 heavy (non-hydrogen) atoms. The number of hydrogen-bond acceptors (Lipinski definition) is 4. The van der Waals surface area contributed by atoms with Gasteiger partial charge < -0.3 is 9.64 Å². The zero-order chi connectivity index (χ0) is 19.8. The topological polar surface area (TPSA) is 45.7 Å². The number of piperazine rings is 1. The van der Waals surface area contributed by atoms with Crippen LogP contribution in [0, 0.1) is 5.92 Å². The minimum Gasteiger partial charge on any atom is -0.377 e. The molecule has 0 saturated carbocycles. The third kappa shape index (κ3) is 3.78. The van der Waals surface area contributed by atoms with Gasteiger partial charge in [-0.2, -0.15) is 0 Å². The molecule has 3 aliphatic rings. The van der Waals surface area contributed by atoms with E-state index < -0.39 is 0 Å². The molecule has 154 valence electrons. The van der Waals surface area contributed by atoms with Gasteiger partial charge in [0, 0.05) is 50.4 Å². The maximum atomic E-state index is 13.7. The third-order valence-corrected chi connectivity index (χ3v) is 6.86. The first-order chi connectivity index (χ1) is 14.2. The van der Waals surface area contributed by atoms with Gasteiger partial charge in [0.05, 0.1) is 17.2 Å². The summed E-state index contributed by atoms with van der Waals surface area (Å²) < 4.78 is 5.79. The predicted molar refractivity (Wildman–Crippen MR) is 114 cm³/mol. The van der Waals surface area contributed by atoms with Crippen molar-refractivity contribution < 1.29 is 9.53 Å². The van der Waals surface area contributed by atoms with E-state index in [-0.39, 0.29) is 5.91 Å². The van der Waals surface area contributed by atoms with Crippen molar-refractivity contribution in [1.29, 1.82) is 0 Å². The normalized spacial score (nSPS) is 25.3. The van der Waals surface area contributed by atoms with Crippen molar-refractivity contribution in [2.75, 3.05) is 39.3 Å². The molecular weight excluding hydrogens is 362 g/mol. The highest BCUT2D eigenvalue weighted by Crippen LogP contribution is 2.32. The Balaban J connectivity index is 1.39. The second-order valence-corrected chi connectivity index (χ2v) is 9.01. The number of carbonyl (C=O) groups excluding carboxylic acids is 1. The molecule has 0 N–H and O–H groups in total. The van der Waals surface area contributed by atoms with Crippen LogP contribution in [-0.2, 0) is 17.6 Å². The molecule has 5 nitrogen and oxygen atoms in total. The summed E-state index contributed by atoms with van der Waals surface area (Å²) in [5.74, 6) is 0.811. The van der Waals surface area contributed by atoms with Crippen molar-refractivity contribution in [3.8, 4) is 0 Å². The number of ether oxygens (including phenoxy) is 1. The van der Waals surface area contributed by atoms with E-state index in [2.05, 4.69) is 22.8 Å². The molecule has 2 unspecified atom stereocenters. The Hall–Kier alpha value is -1.98. The Morgan fingerprint density at radius 1 is 1.17 bits per heavy atom. The second kappa shape index (κ2) is 8.04. The fourth-order valence-corrected chi connectivity index (χ4v) is 5.17. The van der Waals surface area contributed by atoms with E-state index in [1.165, 1.54) is 18.4 Å². The summed E-state index contributed by atoms with van der Waals surface area (Å²) in [5, 5.41) is 1.02. The SMILES string of the molecule is CC1CCc2nc3ccccc3c(C(=O)N3CCN(CC4CCCO4)CC3)c2C1. The highest BCUT2D eigenvalue weighted by Gasteiger charge is 2.30. The molecular formula is C24H31N3O2. The Morgan fingerprint density at radius 3 is 2.79 bits per heavy atom. The number of para-hydroxylation sites is 1. The van der Waals surface area contributed by atoms with Crippen molar-refractivity contribution in [3.05, 3.63) is 41.1 Å². The summed E-state index contributed by atoms with van der Waals surface area (Å²) in [7, 11) is 0. The molecule has 0 radical (unpaired) electrons. The van der Waals surface area contributed by atoms with E-state index in [9.17, 15) is 4.79 Å². The minimum absolute atomic E-state index is 0.200. The second-order valence-electron chi connectivity index (χ2n) is 9.01. The van der Waals surface area contributed by atoms with Crippen molar-refractivity contribution in [2.45, 2.75) is 45.1 Å². The molecule has 1 aromatic heterocycles. The smallest absolute Gasteiger partial charge is 0.254 e. The number of fused-ring (bicyclic) bond motifs is 2. The van der Waals surface area contributed by atoms with Crippen molar-refractivity contribution >= 4 is 16.8 Å². The van der Waals surface area contributed by atoms with E-state index in [4.69, 9.17) is 9.72 Å². The third-order valence-electron chi connectivity index (χ3n) is 6.86. The van der Waals surface area contributed by atoms with Gasteiger partial charge in [-0.25, -0.2) is 0 Å². The molecule has 2 fully saturated rings. The number of rotatable bonds is 3. The lowest BCUT2D eigenvalue weighted by molar-refractivity contribution is 0.0433. The standard InChI is InChI=1S/C24H31N3O2/c1-17-8-9-22-20(15-17)23(19-6-2-3-7-21(19)25-22)24(28)27-12-10-26(11-13-27)16-18-5-4-14-29-18/h2-3,6-7,17-18H,4-5,8-16H2,1H3. The summed E-state index contributed by atoms with van der Waals surface area (Å²) >= 11 is 0.